The SMILES string of the molecule is CC(C)(C)c1ccc(/C=C/C(=O)[O-])cc1. The van der Waals surface area contributed by atoms with Gasteiger partial charge in [0.25, 0.3) is 0 Å². The van der Waals surface area contributed by atoms with Crippen molar-refractivity contribution in [3.05, 3.63) is 41.5 Å². The second kappa shape index (κ2) is 4.30. The van der Waals surface area contributed by atoms with Crippen LogP contribution in [0.1, 0.15) is 31.9 Å². The van der Waals surface area contributed by atoms with Gasteiger partial charge in [0.05, 0.1) is 5.97 Å². The van der Waals surface area contributed by atoms with E-state index in [-0.39, 0.29) is 5.41 Å². The average Bonchev–Trinajstić information content (AvgIpc) is 2.14. The molecule has 2 nitrogen and oxygen atoms in total. The zero-order valence-corrected chi connectivity index (χ0v) is 9.28. The lowest BCUT2D eigenvalue weighted by atomic mass is 9.87. The van der Waals surface area contributed by atoms with Crippen molar-refractivity contribution in [3.8, 4) is 0 Å². The Morgan fingerprint density at radius 1 is 1.20 bits per heavy atom. The van der Waals surface area contributed by atoms with Gasteiger partial charge >= 0.3 is 0 Å². The van der Waals surface area contributed by atoms with Crippen molar-refractivity contribution in [2.24, 2.45) is 0 Å². The maximum atomic E-state index is 10.2. The lowest BCUT2D eigenvalue weighted by molar-refractivity contribution is -0.297. The molecule has 0 heterocycles. The van der Waals surface area contributed by atoms with Crippen molar-refractivity contribution in [1.29, 1.82) is 0 Å². The van der Waals surface area contributed by atoms with Gasteiger partial charge in [-0.05, 0) is 22.6 Å². The Morgan fingerprint density at radius 2 is 1.73 bits per heavy atom. The van der Waals surface area contributed by atoms with E-state index >= 15 is 0 Å². The highest BCUT2D eigenvalue weighted by molar-refractivity contribution is 5.83. The molecule has 0 fully saturated rings. The lowest BCUT2D eigenvalue weighted by Gasteiger charge is -2.18. The lowest BCUT2D eigenvalue weighted by Crippen LogP contribution is -2.18. The maximum Gasteiger partial charge on any atom is 0.0643 e. The van der Waals surface area contributed by atoms with Gasteiger partial charge in [-0.25, -0.2) is 0 Å². The minimum absolute atomic E-state index is 0.122. The van der Waals surface area contributed by atoms with Crippen LogP contribution in [0.3, 0.4) is 0 Å². The third kappa shape index (κ3) is 3.58. The Morgan fingerprint density at radius 3 is 2.13 bits per heavy atom. The first-order valence-corrected chi connectivity index (χ1v) is 4.89. The van der Waals surface area contributed by atoms with Crippen LogP contribution in [0.15, 0.2) is 30.3 Å². The minimum atomic E-state index is -1.17. The van der Waals surface area contributed by atoms with E-state index in [1.807, 2.05) is 24.3 Å². The molecule has 0 radical (unpaired) electrons. The van der Waals surface area contributed by atoms with Crippen LogP contribution in [-0.4, -0.2) is 5.97 Å². The predicted molar refractivity (Wildman–Crippen MR) is 59.2 cm³/mol. The van der Waals surface area contributed by atoms with Crippen LogP contribution in [-0.2, 0) is 10.2 Å². The van der Waals surface area contributed by atoms with E-state index in [9.17, 15) is 9.90 Å². The molecule has 0 atom stereocenters. The highest BCUT2D eigenvalue weighted by Gasteiger charge is 2.12. The van der Waals surface area contributed by atoms with Crippen LogP contribution >= 0.6 is 0 Å². The molecule has 0 saturated heterocycles. The number of carboxylic acids is 1. The number of benzene rings is 1. The summed E-state index contributed by atoms with van der Waals surface area (Å²) in [5.74, 6) is -1.17. The molecular formula is C13H15O2-. The van der Waals surface area contributed by atoms with Crippen molar-refractivity contribution in [3.63, 3.8) is 0 Å². The molecule has 0 aromatic heterocycles. The van der Waals surface area contributed by atoms with E-state index in [2.05, 4.69) is 20.8 Å². The third-order valence-electron chi connectivity index (χ3n) is 2.19. The van der Waals surface area contributed by atoms with Crippen molar-refractivity contribution >= 4 is 12.0 Å². The fraction of sp³-hybridized carbons (Fsp3) is 0.308. The number of carboxylic acid groups (broad SMARTS) is 1. The number of hydrogen-bond acceptors (Lipinski definition) is 2. The summed E-state index contributed by atoms with van der Waals surface area (Å²) in [6.07, 6.45) is 2.56. The van der Waals surface area contributed by atoms with E-state index in [1.54, 1.807) is 0 Å². The van der Waals surface area contributed by atoms with Crippen LogP contribution in [0.5, 0.6) is 0 Å². The second-order valence-corrected chi connectivity index (χ2v) is 4.52. The van der Waals surface area contributed by atoms with E-state index in [0.29, 0.717) is 0 Å². The Bertz CT molecular complexity index is 367. The molecule has 0 aliphatic heterocycles. The quantitative estimate of drug-likeness (QED) is 0.687. The molecule has 1 aromatic carbocycles. The first kappa shape index (κ1) is 11.5. The van der Waals surface area contributed by atoms with Gasteiger partial charge in [0.1, 0.15) is 0 Å². The summed E-state index contributed by atoms with van der Waals surface area (Å²) >= 11 is 0. The molecule has 1 aromatic rings. The normalized spacial score (nSPS) is 11.9. The second-order valence-electron chi connectivity index (χ2n) is 4.52. The summed E-state index contributed by atoms with van der Waals surface area (Å²) in [7, 11) is 0. The molecule has 0 aliphatic carbocycles. The molecule has 15 heavy (non-hydrogen) atoms. The van der Waals surface area contributed by atoms with E-state index < -0.39 is 5.97 Å². The summed E-state index contributed by atoms with van der Waals surface area (Å²) in [5.41, 5.74) is 2.22. The fourth-order valence-electron chi connectivity index (χ4n) is 1.26. The molecule has 0 bridgehead atoms. The molecule has 80 valence electrons. The van der Waals surface area contributed by atoms with Crippen LogP contribution in [0.4, 0.5) is 0 Å². The van der Waals surface area contributed by atoms with E-state index in [1.165, 1.54) is 11.6 Å². The zero-order chi connectivity index (χ0) is 11.5. The largest absolute Gasteiger partial charge is 0.545 e. The topological polar surface area (TPSA) is 40.1 Å². The zero-order valence-electron chi connectivity index (χ0n) is 9.28. The van der Waals surface area contributed by atoms with Crippen LogP contribution in [0.2, 0.25) is 0 Å². The Hall–Kier alpha value is -1.57. The fourth-order valence-corrected chi connectivity index (χ4v) is 1.26. The molecule has 0 aliphatic rings. The highest BCUT2D eigenvalue weighted by atomic mass is 16.4. The van der Waals surface area contributed by atoms with Gasteiger partial charge in [-0.2, -0.15) is 0 Å². The van der Waals surface area contributed by atoms with Gasteiger partial charge in [0, 0.05) is 0 Å². The van der Waals surface area contributed by atoms with Gasteiger partial charge < -0.3 is 9.90 Å². The first-order valence-electron chi connectivity index (χ1n) is 4.89. The van der Waals surface area contributed by atoms with E-state index in [4.69, 9.17) is 0 Å². The predicted octanol–water partition coefficient (Wildman–Crippen LogP) is 1.75. The average molecular weight is 203 g/mol. The molecule has 0 spiro atoms. The first-order chi connectivity index (χ1) is 6.89. The molecule has 0 saturated carbocycles. The Kier molecular flexibility index (Phi) is 3.30. The summed E-state index contributed by atoms with van der Waals surface area (Å²) < 4.78 is 0. The van der Waals surface area contributed by atoms with Crippen molar-refractivity contribution < 1.29 is 9.90 Å². The number of aliphatic carboxylic acids is 1. The van der Waals surface area contributed by atoms with Gasteiger partial charge in [0.2, 0.25) is 0 Å². The Labute approximate surface area is 90.3 Å². The van der Waals surface area contributed by atoms with Crippen LogP contribution in [0.25, 0.3) is 6.08 Å². The van der Waals surface area contributed by atoms with E-state index in [0.717, 1.165) is 11.6 Å². The summed E-state index contributed by atoms with van der Waals surface area (Å²) in [5, 5.41) is 10.2. The summed E-state index contributed by atoms with van der Waals surface area (Å²) in [6.45, 7) is 6.41. The van der Waals surface area contributed by atoms with Crippen molar-refractivity contribution in [1.82, 2.24) is 0 Å². The number of hydrogen-bond donors (Lipinski definition) is 0. The summed E-state index contributed by atoms with van der Waals surface area (Å²) in [6, 6.07) is 7.82. The van der Waals surface area contributed by atoms with Gasteiger partial charge in [0.15, 0.2) is 0 Å². The minimum Gasteiger partial charge on any atom is -0.545 e. The van der Waals surface area contributed by atoms with Crippen molar-refractivity contribution in [2.45, 2.75) is 26.2 Å². The maximum absolute atomic E-state index is 10.2. The van der Waals surface area contributed by atoms with Gasteiger partial charge in [-0.15, -0.1) is 0 Å². The highest BCUT2D eigenvalue weighted by Crippen LogP contribution is 2.22. The van der Waals surface area contributed by atoms with Gasteiger partial charge in [-0.1, -0.05) is 51.1 Å². The third-order valence-corrected chi connectivity index (χ3v) is 2.19. The molecule has 0 N–H and O–H groups in total. The number of carbonyl (C=O) groups excluding carboxylic acids is 1. The standard InChI is InChI=1S/C13H16O2/c1-13(2,3)11-7-4-10(5-8-11)6-9-12(14)15/h4-9H,1-3H3,(H,14,15)/p-1/b9-6+. The number of rotatable bonds is 2. The molecule has 1 rings (SSSR count). The molecular weight excluding hydrogens is 188 g/mol. The molecule has 0 unspecified atom stereocenters. The summed E-state index contributed by atoms with van der Waals surface area (Å²) in [4.78, 5) is 10.2. The van der Waals surface area contributed by atoms with Gasteiger partial charge in [-0.3, -0.25) is 0 Å². The number of carbonyl (C=O) groups is 1. The van der Waals surface area contributed by atoms with Crippen molar-refractivity contribution in [2.75, 3.05) is 0 Å². The van der Waals surface area contributed by atoms with Crippen LogP contribution in [0, 0.1) is 0 Å². The molecule has 2 heteroatoms. The monoisotopic (exact) mass is 203 g/mol. The molecule has 0 amide bonds. The smallest absolute Gasteiger partial charge is 0.0643 e. The Balaban J connectivity index is 2.86. The van der Waals surface area contributed by atoms with Crippen LogP contribution < -0.4 is 5.11 Å².